The highest BCUT2D eigenvalue weighted by Gasteiger charge is 2.19. The van der Waals surface area contributed by atoms with Gasteiger partial charge in [0.05, 0.1) is 6.54 Å². The molecular weight excluding hydrogens is 240 g/mol. The van der Waals surface area contributed by atoms with E-state index in [4.69, 9.17) is 0 Å². The molecule has 19 heavy (non-hydrogen) atoms. The molecule has 1 aromatic rings. The summed E-state index contributed by atoms with van der Waals surface area (Å²) in [6.07, 6.45) is 3.57. The van der Waals surface area contributed by atoms with Gasteiger partial charge in [-0.15, -0.1) is 0 Å². The highest BCUT2D eigenvalue weighted by Crippen LogP contribution is 2.01. The number of hydrogen-bond donors (Lipinski definition) is 1. The third kappa shape index (κ3) is 4.29. The van der Waals surface area contributed by atoms with Gasteiger partial charge in [0.25, 0.3) is 0 Å². The summed E-state index contributed by atoms with van der Waals surface area (Å²) in [4.78, 5) is 20.4. The van der Waals surface area contributed by atoms with E-state index in [2.05, 4.69) is 22.1 Å². The maximum Gasteiger partial charge on any atom is 0.236 e. The highest BCUT2D eigenvalue weighted by atomic mass is 16.2. The summed E-state index contributed by atoms with van der Waals surface area (Å²) in [5, 5.41) is 3.18. The smallest absolute Gasteiger partial charge is 0.236 e. The van der Waals surface area contributed by atoms with Gasteiger partial charge in [-0.05, 0) is 18.2 Å². The van der Waals surface area contributed by atoms with Gasteiger partial charge in [-0.25, -0.2) is 0 Å². The molecule has 5 nitrogen and oxygen atoms in total. The van der Waals surface area contributed by atoms with Crippen LogP contribution in [0.15, 0.2) is 24.5 Å². The number of amides is 1. The maximum absolute atomic E-state index is 12.0. The van der Waals surface area contributed by atoms with Gasteiger partial charge in [0.2, 0.25) is 5.91 Å². The van der Waals surface area contributed by atoms with E-state index in [1.807, 2.05) is 23.2 Å². The minimum Gasteiger partial charge on any atom is -0.339 e. The second-order valence-electron chi connectivity index (χ2n) is 4.78. The predicted octanol–water partition coefficient (Wildman–Crippen LogP) is 0.335. The van der Waals surface area contributed by atoms with Crippen molar-refractivity contribution in [2.45, 2.75) is 13.5 Å². The van der Waals surface area contributed by atoms with Crippen molar-refractivity contribution in [3.05, 3.63) is 30.1 Å². The molecule has 1 N–H and O–H groups in total. The van der Waals surface area contributed by atoms with Crippen LogP contribution in [-0.2, 0) is 11.3 Å². The molecule has 1 aliphatic rings. The van der Waals surface area contributed by atoms with Crippen LogP contribution in [0.2, 0.25) is 0 Å². The van der Waals surface area contributed by atoms with Crippen LogP contribution in [0.25, 0.3) is 0 Å². The Balaban J connectivity index is 1.67. The van der Waals surface area contributed by atoms with Crippen LogP contribution in [0.1, 0.15) is 12.5 Å². The summed E-state index contributed by atoms with van der Waals surface area (Å²) in [5.74, 6) is 0.194. The first-order valence-electron chi connectivity index (χ1n) is 6.89. The topological polar surface area (TPSA) is 48.5 Å². The van der Waals surface area contributed by atoms with Crippen molar-refractivity contribution in [1.29, 1.82) is 0 Å². The van der Waals surface area contributed by atoms with Crippen LogP contribution in [0, 0.1) is 0 Å². The molecule has 5 heteroatoms. The first kappa shape index (κ1) is 14.0. The van der Waals surface area contributed by atoms with Gasteiger partial charge in [0.1, 0.15) is 0 Å². The lowest BCUT2D eigenvalue weighted by Gasteiger charge is -2.34. The molecule has 0 saturated carbocycles. The largest absolute Gasteiger partial charge is 0.339 e. The fourth-order valence-corrected chi connectivity index (χ4v) is 2.24. The number of piperazine rings is 1. The molecule has 1 fully saturated rings. The van der Waals surface area contributed by atoms with Crippen molar-refractivity contribution in [2.24, 2.45) is 0 Å². The lowest BCUT2D eigenvalue weighted by Crippen LogP contribution is -2.50. The van der Waals surface area contributed by atoms with Gasteiger partial charge < -0.3 is 15.1 Å². The van der Waals surface area contributed by atoms with Gasteiger partial charge in [0.15, 0.2) is 0 Å². The molecule has 0 radical (unpaired) electrons. The van der Waals surface area contributed by atoms with Gasteiger partial charge in [-0.1, -0.05) is 13.0 Å². The van der Waals surface area contributed by atoms with E-state index in [9.17, 15) is 4.79 Å². The lowest BCUT2D eigenvalue weighted by molar-refractivity contribution is -0.131. The van der Waals surface area contributed by atoms with Crippen molar-refractivity contribution in [1.82, 2.24) is 20.1 Å². The molecule has 0 aliphatic carbocycles. The monoisotopic (exact) mass is 262 g/mol. The summed E-state index contributed by atoms with van der Waals surface area (Å²) in [6, 6.07) is 3.91. The Morgan fingerprint density at radius 3 is 2.79 bits per heavy atom. The van der Waals surface area contributed by atoms with Crippen molar-refractivity contribution in [3.8, 4) is 0 Å². The summed E-state index contributed by atoms with van der Waals surface area (Å²) >= 11 is 0. The van der Waals surface area contributed by atoms with Gasteiger partial charge in [-0.2, -0.15) is 0 Å². The molecule has 0 aromatic carbocycles. The molecule has 0 unspecified atom stereocenters. The van der Waals surface area contributed by atoms with Crippen LogP contribution in [-0.4, -0.2) is 60.0 Å². The second-order valence-corrected chi connectivity index (χ2v) is 4.78. The number of nitrogens with one attached hydrogen (secondary N) is 1. The lowest BCUT2D eigenvalue weighted by atomic mass is 10.3. The Morgan fingerprint density at radius 1 is 1.37 bits per heavy atom. The minimum absolute atomic E-state index is 0.194. The van der Waals surface area contributed by atoms with E-state index < -0.39 is 0 Å². The average molecular weight is 262 g/mol. The molecule has 1 amide bonds. The SMILES string of the molecule is CCN1CCN(C(=O)CNCc2cccnc2)CC1. The van der Waals surface area contributed by atoms with Crippen molar-refractivity contribution >= 4 is 5.91 Å². The number of carbonyl (C=O) groups excluding carboxylic acids is 1. The first-order valence-corrected chi connectivity index (χ1v) is 6.89. The molecule has 1 aliphatic heterocycles. The number of rotatable bonds is 5. The van der Waals surface area contributed by atoms with Crippen LogP contribution in [0.5, 0.6) is 0 Å². The van der Waals surface area contributed by atoms with Crippen LogP contribution < -0.4 is 5.32 Å². The summed E-state index contributed by atoms with van der Waals surface area (Å²) < 4.78 is 0. The van der Waals surface area contributed by atoms with E-state index in [0.717, 1.165) is 38.3 Å². The summed E-state index contributed by atoms with van der Waals surface area (Å²) in [6.45, 7) is 8.00. The number of carbonyl (C=O) groups is 1. The van der Waals surface area contributed by atoms with Crippen molar-refractivity contribution < 1.29 is 4.79 Å². The predicted molar refractivity (Wildman–Crippen MR) is 74.6 cm³/mol. The standard InChI is InChI=1S/C14H22N4O/c1-2-17-6-8-18(9-7-17)14(19)12-16-11-13-4-3-5-15-10-13/h3-5,10,16H,2,6-9,11-12H2,1H3. The van der Waals surface area contributed by atoms with E-state index in [1.165, 1.54) is 0 Å². The maximum atomic E-state index is 12.0. The van der Waals surface area contributed by atoms with E-state index in [1.54, 1.807) is 6.20 Å². The number of likely N-dealkylation sites (N-methyl/N-ethyl adjacent to an activating group) is 1. The molecule has 1 aromatic heterocycles. The Kier molecular flexibility index (Phi) is 5.30. The zero-order valence-electron chi connectivity index (χ0n) is 11.5. The van der Waals surface area contributed by atoms with E-state index in [0.29, 0.717) is 13.1 Å². The van der Waals surface area contributed by atoms with Crippen LogP contribution >= 0.6 is 0 Å². The van der Waals surface area contributed by atoms with Crippen molar-refractivity contribution in [2.75, 3.05) is 39.3 Å². The van der Waals surface area contributed by atoms with E-state index in [-0.39, 0.29) is 5.91 Å². The molecule has 104 valence electrons. The van der Waals surface area contributed by atoms with Crippen molar-refractivity contribution in [3.63, 3.8) is 0 Å². The van der Waals surface area contributed by atoms with Gasteiger partial charge >= 0.3 is 0 Å². The minimum atomic E-state index is 0.194. The number of aromatic nitrogens is 1. The van der Waals surface area contributed by atoms with Crippen LogP contribution in [0.4, 0.5) is 0 Å². The fraction of sp³-hybridized carbons (Fsp3) is 0.571. The van der Waals surface area contributed by atoms with Gasteiger partial charge in [-0.3, -0.25) is 9.78 Å². The number of hydrogen-bond acceptors (Lipinski definition) is 4. The Bertz CT molecular complexity index is 388. The molecule has 0 spiro atoms. The molecule has 2 heterocycles. The zero-order chi connectivity index (χ0) is 13.5. The average Bonchev–Trinajstić information content (AvgIpc) is 2.48. The normalized spacial score (nSPS) is 16.6. The zero-order valence-corrected chi connectivity index (χ0v) is 11.5. The molecular formula is C14H22N4O. The number of nitrogens with zero attached hydrogens (tertiary/aromatic N) is 3. The van der Waals surface area contributed by atoms with Crippen LogP contribution in [0.3, 0.4) is 0 Å². The number of pyridine rings is 1. The Labute approximate surface area is 114 Å². The van der Waals surface area contributed by atoms with E-state index >= 15 is 0 Å². The third-order valence-electron chi connectivity index (χ3n) is 3.50. The summed E-state index contributed by atoms with van der Waals surface area (Å²) in [5.41, 5.74) is 1.10. The highest BCUT2D eigenvalue weighted by molar-refractivity contribution is 5.78. The summed E-state index contributed by atoms with van der Waals surface area (Å²) in [7, 11) is 0. The first-order chi connectivity index (χ1) is 9.29. The molecule has 1 saturated heterocycles. The third-order valence-corrected chi connectivity index (χ3v) is 3.50. The Morgan fingerprint density at radius 2 is 2.16 bits per heavy atom. The molecule has 2 rings (SSSR count). The fourth-order valence-electron chi connectivity index (χ4n) is 2.24. The Hall–Kier alpha value is -1.46. The second kappa shape index (κ2) is 7.21. The quantitative estimate of drug-likeness (QED) is 0.831. The van der Waals surface area contributed by atoms with Gasteiger partial charge in [0, 0.05) is 45.1 Å². The molecule has 0 bridgehead atoms. The molecule has 0 atom stereocenters.